The summed E-state index contributed by atoms with van der Waals surface area (Å²) in [7, 11) is -3.04. The lowest BCUT2D eigenvalue weighted by molar-refractivity contribution is 0.00491. The van der Waals surface area contributed by atoms with Gasteiger partial charge in [-0.2, -0.15) is 5.10 Å². The van der Waals surface area contributed by atoms with Gasteiger partial charge in [0.1, 0.15) is 0 Å². The Kier molecular flexibility index (Phi) is 3.21. The highest BCUT2D eigenvalue weighted by molar-refractivity contribution is 7.92. The van der Waals surface area contributed by atoms with Crippen molar-refractivity contribution in [1.82, 2.24) is 9.78 Å². The highest BCUT2D eigenvalue weighted by Crippen LogP contribution is 2.45. The van der Waals surface area contributed by atoms with E-state index in [1.165, 1.54) is 0 Å². The average molecular weight is 298 g/mol. The van der Waals surface area contributed by atoms with Gasteiger partial charge >= 0.3 is 0 Å². The number of aliphatic hydroxyl groups is 1. The van der Waals surface area contributed by atoms with Crippen LogP contribution in [0, 0.1) is 0 Å². The highest BCUT2D eigenvalue weighted by atomic mass is 32.2. The number of hydrogen-bond donors (Lipinski definition) is 1. The van der Waals surface area contributed by atoms with E-state index in [9.17, 15) is 13.5 Å². The van der Waals surface area contributed by atoms with Crippen LogP contribution in [0.4, 0.5) is 0 Å². The molecule has 3 rings (SSSR count). The topological polar surface area (TPSA) is 72.2 Å². The molecule has 2 unspecified atom stereocenters. The van der Waals surface area contributed by atoms with Gasteiger partial charge in [0.05, 0.1) is 22.3 Å². The minimum atomic E-state index is -3.04. The monoisotopic (exact) mass is 298 g/mol. The minimum Gasteiger partial charge on any atom is -0.385 e. The molecule has 2 atom stereocenters. The molecular formula is C14H22N2O3S. The molecule has 0 aromatic carbocycles. The summed E-state index contributed by atoms with van der Waals surface area (Å²) in [6.07, 6.45) is 6.49. The molecule has 3 heterocycles. The SMILES string of the molecule is CC(C)n1cc(C2(O)CC3CCCC(C2)S3(=O)=O)cn1. The molecule has 2 aliphatic heterocycles. The van der Waals surface area contributed by atoms with E-state index < -0.39 is 15.4 Å². The Morgan fingerprint density at radius 2 is 1.95 bits per heavy atom. The molecule has 112 valence electrons. The number of aromatic nitrogens is 2. The van der Waals surface area contributed by atoms with Gasteiger partial charge in [0.25, 0.3) is 0 Å². The summed E-state index contributed by atoms with van der Waals surface area (Å²) in [4.78, 5) is 0. The maximum Gasteiger partial charge on any atom is 0.156 e. The number of fused-ring (bicyclic) bond motifs is 2. The Bertz CT molecular complexity index is 586. The second-order valence-corrected chi connectivity index (χ2v) is 9.02. The first-order chi connectivity index (χ1) is 9.33. The van der Waals surface area contributed by atoms with E-state index in [1.54, 1.807) is 6.20 Å². The van der Waals surface area contributed by atoms with Crippen LogP contribution >= 0.6 is 0 Å². The first-order valence-electron chi connectivity index (χ1n) is 7.33. The van der Waals surface area contributed by atoms with Crippen LogP contribution in [0.15, 0.2) is 12.4 Å². The van der Waals surface area contributed by atoms with Crippen LogP contribution in [0.2, 0.25) is 0 Å². The van der Waals surface area contributed by atoms with Crippen molar-refractivity contribution < 1.29 is 13.5 Å². The first-order valence-corrected chi connectivity index (χ1v) is 8.93. The van der Waals surface area contributed by atoms with Crippen LogP contribution in [0.5, 0.6) is 0 Å². The van der Waals surface area contributed by atoms with Crippen molar-refractivity contribution in [1.29, 1.82) is 0 Å². The maximum absolute atomic E-state index is 12.3. The van der Waals surface area contributed by atoms with Crippen molar-refractivity contribution in [2.45, 2.75) is 68.1 Å². The number of hydrogen-bond acceptors (Lipinski definition) is 4. The zero-order chi connectivity index (χ0) is 14.5. The molecule has 2 bridgehead atoms. The van der Waals surface area contributed by atoms with Crippen molar-refractivity contribution in [3.8, 4) is 0 Å². The van der Waals surface area contributed by atoms with Crippen LogP contribution in [0.3, 0.4) is 0 Å². The van der Waals surface area contributed by atoms with Gasteiger partial charge in [-0.1, -0.05) is 6.42 Å². The van der Waals surface area contributed by atoms with E-state index in [4.69, 9.17) is 0 Å². The molecule has 6 heteroatoms. The van der Waals surface area contributed by atoms with Crippen molar-refractivity contribution in [2.24, 2.45) is 0 Å². The molecule has 1 aromatic heterocycles. The Hall–Kier alpha value is -0.880. The van der Waals surface area contributed by atoms with E-state index in [1.807, 2.05) is 24.7 Å². The largest absolute Gasteiger partial charge is 0.385 e. The number of nitrogens with zero attached hydrogens (tertiary/aromatic N) is 2. The second kappa shape index (κ2) is 4.56. The fraction of sp³-hybridized carbons (Fsp3) is 0.786. The Labute approximate surface area is 119 Å². The summed E-state index contributed by atoms with van der Waals surface area (Å²) >= 11 is 0. The summed E-state index contributed by atoms with van der Waals surface area (Å²) in [6.45, 7) is 4.06. The van der Waals surface area contributed by atoms with Gasteiger partial charge in [-0.3, -0.25) is 4.68 Å². The molecule has 0 spiro atoms. The maximum atomic E-state index is 12.3. The van der Waals surface area contributed by atoms with Gasteiger partial charge < -0.3 is 5.11 Å². The summed E-state index contributed by atoms with van der Waals surface area (Å²) in [5.74, 6) is 0. The van der Waals surface area contributed by atoms with E-state index in [0.717, 1.165) is 12.0 Å². The normalized spacial score (nSPS) is 36.2. The van der Waals surface area contributed by atoms with Crippen LogP contribution < -0.4 is 0 Å². The smallest absolute Gasteiger partial charge is 0.156 e. The lowest BCUT2D eigenvalue weighted by Gasteiger charge is -2.43. The summed E-state index contributed by atoms with van der Waals surface area (Å²) in [5.41, 5.74) is -0.271. The standard InChI is InChI=1S/C14H22N2O3S/c1-10(2)16-9-11(8-15-16)14(17)6-12-4-3-5-13(7-14)20(12,18)19/h8-10,12-13,17H,3-7H2,1-2H3. The fourth-order valence-corrected chi connectivity index (χ4v) is 6.09. The van der Waals surface area contributed by atoms with Gasteiger partial charge in [-0.15, -0.1) is 0 Å². The molecule has 0 radical (unpaired) electrons. The van der Waals surface area contributed by atoms with Gasteiger partial charge in [0.15, 0.2) is 9.84 Å². The van der Waals surface area contributed by atoms with E-state index >= 15 is 0 Å². The highest BCUT2D eigenvalue weighted by Gasteiger charge is 2.51. The number of rotatable bonds is 2. The summed E-state index contributed by atoms with van der Waals surface area (Å²) in [6, 6.07) is 0.235. The molecule has 20 heavy (non-hydrogen) atoms. The Morgan fingerprint density at radius 3 is 2.45 bits per heavy atom. The fourth-order valence-electron chi connectivity index (χ4n) is 3.54. The van der Waals surface area contributed by atoms with Gasteiger partial charge in [0, 0.05) is 17.8 Å². The summed E-state index contributed by atoms with van der Waals surface area (Å²) in [5, 5.41) is 14.5. The van der Waals surface area contributed by atoms with E-state index in [2.05, 4.69) is 5.10 Å². The molecule has 1 aromatic rings. The first kappa shape index (κ1) is 14.1. The van der Waals surface area contributed by atoms with Crippen molar-refractivity contribution >= 4 is 9.84 Å². The van der Waals surface area contributed by atoms with E-state index in [0.29, 0.717) is 25.7 Å². The predicted molar refractivity (Wildman–Crippen MR) is 76.1 cm³/mol. The van der Waals surface area contributed by atoms with Crippen LogP contribution in [0.1, 0.15) is 57.6 Å². The van der Waals surface area contributed by atoms with Crippen LogP contribution in [-0.2, 0) is 15.4 Å². The molecular weight excluding hydrogens is 276 g/mol. The third kappa shape index (κ3) is 2.09. The lowest BCUT2D eigenvalue weighted by Crippen LogP contribution is -2.50. The molecule has 5 nitrogen and oxygen atoms in total. The van der Waals surface area contributed by atoms with Gasteiger partial charge in [-0.05, 0) is 39.5 Å². The zero-order valence-corrected chi connectivity index (χ0v) is 12.8. The number of sulfone groups is 1. The Morgan fingerprint density at radius 1 is 1.35 bits per heavy atom. The summed E-state index contributed by atoms with van der Waals surface area (Å²) < 4.78 is 26.4. The minimum absolute atomic E-state index is 0.235. The molecule has 1 N–H and O–H groups in total. The van der Waals surface area contributed by atoms with E-state index in [-0.39, 0.29) is 16.5 Å². The third-order valence-corrected chi connectivity index (χ3v) is 7.44. The molecule has 0 aliphatic carbocycles. The second-order valence-electron chi connectivity index (χ2n) is 6.51. The molecule has 2 fully saturated rings. The lowest BCUT2D eigenvalue weighted by atomic mass is 9.82. The average Bonchev–Trinajstić information content (AvgIpc) is 2.81. The quantitative estimate of drug-likeness (QED) is 0.903. The van der Waals surface area contributed by atoms with Crippen molar-refractivity contribution in [3.05, 3.63) is 18.0 Å². The van der Waals surface area contributed by atoms with Crippen LogP contribution in [0.25, 0.3) is 0 Å². The zero-order valence-electron chi connectivity index (χ0n) is 12.0. The molecule has 2 aliphatic rings. The van der Waals surface area contributed by atoms with Gasteiger partial charge in [0.2, 0.25) is 0 Å². The molecule has 0 saturated carbocycles. The van der Waals surface area contributed by atoms with Crippen LogP contribution in [-0.4, -0.2) is 33.8 Å². The van der Waals surface area contributed by atoms with Crippen molar-refractivity contribution in [3.63, 3.8) is 0 Å². The molecule has 0 amide bonds. The molecule has 2 saturated heterocycles. The Balaban J connectivity index is 1.93. The van der Waals surface area contributed by atoms with Crippen molar-refractivity contribution in [2.75, 3.05) is 0 Å². The third-order valence-electron chi connectivity index (χ3n) is 4.78. The van der Waals surface area contributed by atoms with Gasteiger partial charge in [-0.25, -0.2) is 8.42 Å². The predicted octanol–water partition coefficient (Wildman–Crippen LogP) is 1.78.